The van der Waals surface area contributed by atoms with Crippen LogP contribution >= 0.6 is 0 Å². The zero-order valence-corrected chi connectivity index (χ0v) is 15.8. The fourth-order valence-electron chi connectivity index (χ4n) is 4.42. The topological polar surface area (TPSA) is 66.6 Å². The Labute approximate surface area is 156 Å². The number of likely N-dealkylation sites (tertiary alicyclic amines) is 2. The molecule has 0 bridgehead atoms. The van der Waals surface area contributed by atoms with E-state index in [0.717, 1.165) is 38.9 Å². The van der Waals surface area contributed by atoms with Crippen LogP contribution in [0.3, 0.4) is 0 Å². The number of hydrogen-bond donors (Lipinski definition) is 1. The number of nitrogens with zero attached hydrogens (tertiary/aromatic N) is 2. The van der Waals surface area contributed by atoms with Crippen molar-refractivity contribution in [2.45, 2.75) is 44.9 Å². The summed E-state index contributed by atoms with van der Waals surface area (Å²) in [5.41, 5.74) is 6.90. The molecule has 1 aromatic carbocycles. The van der Waals surface area contributed by atoms with Crippen LogP contribution in [0.5, 0.6) is 0 Å². The summed E-state index contributed by atoms with van der Waals surface area (Å²) in [6.45, 7) is 6.35. The van der Waals surface area contributed by atoms with Crippen LogP contribution in [0.25, 0.3) is 0 Å². The van der Waals surface area contributed by atoms with Crippen molar-refractivity contribution in [1.82, 2.24) is 9.80 Å². The maximum Gasteiger partial charge on any atom is 0.237 e. The second-order valence-corrected chi connectivity index (χ2v) is 8.16. The average Bonchev–Trinajstić information content (AvgIpc) is 2.64. The monoisotopic (exact) mass is 357 g/mol. The van der Waals surface area contributed by atoms with Crippen LogP contribution in [-0.2, 0) is 9.59 Å². The van der Waals surface area contributed by atoms with E-state index in [-0.39, 0.29) is 17.9 Å². The maximum absolute atomic E-state index is 12.0. The quantitative estimate of drug-likeness (QED) is 0.850. The zero-order valence-electron chi connectivity index (χ0n) is 15.8. The standard InChI is InChI=1S/C21H31N3O2/c1-17(18-5-3-2-4-6-18)8-12-23-13-10-21(11-14-23)9-7-20(26)24(16-21)15-19(22)25/h2-6,17H,7-16H2,1H3,(H2,22,25). The van der Waals surface area contributed by atoms with Gasteiger partial charge in [-0.1, -0.05) is 37.3 Å². The Hall–Kier alpha value is -1.88. The van der Waals surface area contributed by atoms with E-state index in [1.807, 2.05) is 0 Å². The fourth-order valence-corrected chi connectivity index (χ4v) is 4.42. The van der Waals surface area contributed by atoms with Crippen LogP contribution in [0.15, 0.2) is 30.3 Å². The predicted molar refractivity (Wildman–Crippen MR) is 103 cm³/mol. The fraction of sp³-hybridized carbons (Fsp3) is 0.619. The lowest BCUT2D eigenvalue weighted by Gasteiger charge is -2.47. The molecule has 1 atom stereocenters. The van der Waals surface area contributed by atoms with E-state index in [4.69, 9.17) is 5.73 Å². The summed E-state index contributed by atoms with van der Waals surface area (Å²) >= 11 is 0. The molecule has 26 heavy (non-hydrogen) atoms. The molecule has 0 aliphatic carbocycles. The highest BCUT2D eigenvalue weighted by molar-refractivity contribution is 5.84. The van der Waals surface area contributed by atoms with Gasteiger partial charge in [-0.25, -0.2) is 0 Å². The second-order valence-electron chi connectivity index (χ2n) is 8.16. The van der Waals surface area contributed by atoms with Crippen LogP contribution in [0.1, 0.15) is 50.5 Å². The van der Waals surface area contributed by atoms with Crippen LogP contribution in [0.2, 0.25) is 0 Å². The predicted octanol–water partition coefficient (Wildman–Crippen LogP) is 2.37. The Kier molecular flexibility index (Phi) is 5.97. The van der Waals surface area contributed by atoms with E-state index in [2.05, 4.69) is 42.2 Å². The van der Waals surface area contributed by atoms with Crippen molar-refractivity contribution >= 4 is 11.8 Å². The molecule has 2 aliphatic heterocycles. The van der Waals surface area contributed by atoms with Crippen LogP contribution in [0, 0.1) is 5.41 Å². The van der Waals surface area contributed by atoms with Gasteiger partial charge in [0.25, 0.3) is 0 Å². The minimum Gasteiger partial charge on any atom is -0.368 e. The molecule has 1 aromatic rings. The van der Waals surface area contributed by atoms with Crippen molar-refractivity contribution in [2.24, 2.45) is 11.1 Å². The highest BCUT2D eigenvalue weighted by atomic mass is 16.2. The minimum absolute atomic E-state index is 0.0683. The number of benzene rings is 1. The molecule has 2 heterocycles. The Morgan fingerprint density at radius 1 is 1.19 bits per heavy atom. The summed E-state index contributed by atoms with van der Waals surface area (Å²) in [6.07, 6.45) is 4.89. The van der Waals surface area contributed by atoms with E-state index in [1.54, 1.807) is 4.90 Å². The first-order valence-corrected chi connectivity index (χ1v) is 9.81. The van der Waals surface area contributed by atoms with Gasteiger partial charge < -0.3 is 15.5 Å². The van der Waals surface area contributed by atoms with Crippen LogP contribution in [-0.4, -0.2) is 54.3 Å². The van der Waals surface area contributed by atoms with Gasteiger partial charge in [-0.3, -0.25) is 9.59 Å². The Morgan fingerprint density at radius 2 is 1.88 bits per heavy atom. The van der Waals surface area contributed by atoms with Crippen molar-refractivity contribution < 1.29 is 9.59 Å². The molecule has 1 unspecified atom stereocenters. The number of nitrogens with two attached hydrogens (primary N) is 1. The molecule has 5 heteroatoms. The molecule has 0 saturated carbocycles. The van der Waals surface area contributed by atoms with Crippen molar-refractivity contribution in [3.05, 3.63) is 35.9 Å². The molecule has 2 fully saturated rings. The SMILES string of the molecule is CC(CCN1CCC2(CCC(=O)N(CC(N)=O)C2)CC1)c1ccccc1. The van der Waals surface area contributed by atoms with Gasteiger partial charge in [0.05, 0.1) is 6.54 Å². The van der Waals surface area contributed by atoms with E-state index >= 15 is 0 Å². The lowest BCUT2D eigenvalue weighted by Crippen LogP contribution is -2.53. The van der Waals surface area contributed by atoms with Gasteiger partial charge in [-0.05, 0) is 62.2 Å². The van der Waals surface area contributed by atoms with Gasteiger partial charge in [0, 0.05) is 13.0 Å². The summed E-state index contributed by atoms with van der Waals surface area (Å²) < 4.78 is 0. The minimum atomic E-state index is -0.414. The number of piperidine rings is 2. The van der Waals surface area contributed by atoms with E-state index in [0.29, 0.717) is 18.9 Å². The van der Waals surface area contributed by atoms with E-state index in [1.165, 1.54) is 12.0 Å². The smallest absolute Gasteiger partial charge is 0.237 e. The third-order valence-electron chi connectivity index (χ3n) is 6.26. The molecule has 2 N–H and O–H groups in total. The number of primary amides is 1. The van der Waals surface area contributed by atoms with Gasteiger partial charge in [-0.15, -0.1) is 0 Å². The first-order valence-electron chi connectivity index (χ1n) is 9.81. The highest BCUT2D eigenvalue weighted by Gasteiger charge is 2.41. The van der Waals surface area contributed by atoms with Crippen molar-refractivity contribution in [1.29, 1.82) is 0 Å². The summed E-state index contributed by atoms with van der Waals surface area (Å²) in [5.74, 6) is 0.238. The summed E-state index contributed by atoms with van der Waals surface area (Å²) in [6, 6.07) is 10.7. The van der Waals surface area contributed by atoms with Crippen molar-refractivity contribution in [2.75, 3.05) is 32.7 Å². The van der Waals surface area contributed by atoms with Gasteiger partial charge in [0.2, 0.25) is 11.8 Å². The maximum atomic E-state index is 12.0. The Balaban J connectivity index is 1.48. The first kappa shape index (κ1) is 18.9. The number of amides is 2. The normalized spacial score (nSPS) is 21.7. The summed E-state index contributed by atoms with van der Waals surface area (Å²) in [4.78, 5) is 27.5. The Bertz CT molecular complexity index is 623. The average molecular weight is 357 g/mol. The van der Waals surface area contributed by atoms with Crippen molar-refractivity contribution in [3.8, 4) is 0 Å². The van der Waals surface area contributed by atoms with Crippen LogP contribution < -0.4 is 5.73 Å². The highest BCUT2D eigenvalue weighted by Crippen LogP contribution is 2.40. The molecule has 2 aliphatic rings. The number of carbonyl (C=O) groups excluding carboxylic acids is 2. The molecule has 3 rings (SSSR count). The lowest BCUT2D eigenvalue weighted by molar-refractivity contribution is -0.142. The summed E-state index contributed by atoms with van der Waals surface area (Å²) in [7, 11) is 0. The molecule has 0 aromatic heterocycles. The van der Waals surface area contributed by atoms with Gasteiger partial charge in [0.15, 0.2) is 0 Å². The number of hydrogen-bond acceptors (Lipinski definition) is 3. The van der Waals surface area contributed by atoms with Crippen molar-refractivity contribution in [3.63, 3.8) is 0 Å². The van der Waals surface area contributed by atoms with Gasteiger partial charge in [0.1, 0.15) is 0 Å². The van der Waals surface area contributed by atoms with Gasteiger partial charge in [-0.2, -0.15) is 0 Å². The summed E-state index contributed by atoms with van der Waals surface area (Å²) in [5, 5.41) is 0. The largest absolute Gasteiger partial charge is 0.368 e. The number of carbonyl (C=O) groups is 2. The first-order chi connectivity index (χ1) is 12.5. The third-order valence-corrected chi connectivity index (χ3v) is 6.26. The molecule has 0 radical (unpaired) electrons. The third kappa shape index (κ3) is 4.64. The molecular formula is C21H31N3O2. The van der Waals surface area contributed by atoms with E-state index < -0.39 is 5.91 Å². The second kappa shape index (κ2) is 8.21. The number of rotatable bonds is 6. The van der Waals surface area contributed by atoms with Crippen LogP contribution in [0.4, 0.5) is 0 Å². The molecule has 2 amide bonds. The molecule has 1 spiro atoms. The lowest BCUT2D eigenvalue weighted by atomic mass is 9.72. The molecular weight excluding hydrogens is 326 g/mol. The van der Waals surface area contributed by atoms with Gasteiger partial charge >= 0.3 is 0 Å². The molecule has 2 saturated heterocycles. The molecule has 142 valence electrons. The molecule has 5 nitrogen and oxygen atoms in total. The Morgan fingerprint density at radius 3 is 2.54 bits per heavy atom. The van der Waals surface area contributed by atoms with E-state index in [9.17, 15) is 9.59 Å². The zero-order chi connectivity index (χ0) is 18.6.